The van der Waals surface area contributed by atoms with Gasteiger partial charge < -0.3 is 4.74 Å². The van der Waals surface area contributed by atoms with Gasteiger partial charge in [-0.05, 0) is 54.1 Å². The van der Waals surface area contributed by atoms with Crippen LogP contribution in [0.15, 0.2) is 82.7 Å². The zero-order chi connectivity index (χ0) is 20.6. The first-order chi connectivity index (χ1) is 13.9. The molecule has 0 bridgehead atoms. The number of methoxy groups -OCH3 is 1. The molecule has 0 aliphatic carbocycles. The Morgan fingerprint density at radius 3 is 2.31 bits per heavy atom. The number of benzene rings is 3. The molecule has 1 heterocycles. The maximum absolute atomic E-state index is 14.0. The molecule has 0 amide bonds. The molecule has 0 aliphatic rings. The lowest BCUT2D eigenvalue weighted by atomic mass is 10.0. The Balaban J connectivity index is 2.06. The Bertz CT molecular complexity index is 1320. The highest BCUT2D eigenvalue weighted by Crippen LogP contribution is 2.37. The fourth-order valence-corrected chi connectivity index (χ4v) is 4.63. The van der Waals surface area contributed by atoms with Crippen molar-refractivity contribution in [2.24, 2.45) is 0 Å². The van der Waals surface area contributed by atoms with Crippen LogP contribution in [0, 0.1) is 11.6 Å². The highest BCUT2D eigenvalue weighted by molar-refractivity contribution is 7.91. The lowest BCUT2D eigenvalue weighted by molar-refractivity contribution is 0.415. The molecule has 4 nitrogen and oxygen atoms in total. The van der Waals surface area contributed by atoms with E-state index in [1.165, 1.54) is 43.6 Å². The van der Waals surface area contributed by atoms with E-state index in [1.54, 1.807) is 24.3 Å². The van der Waals surface area contributed by atoms with Gasteiger partial charge in [-0.2, -0.15) is 0 Å². The molecule has 0 atom stereocenters. The highest BCUT2D eigenvalue weighted by atomic mass is 32.2. The molecule has 0 saturated heterocycles. The van der Waals surface area contributed by atoms with E-state index in [1.807, 2.05) is 0 Å². The fourth-order valence-electron chi connectivity index (χ4n) is 3.17. The number of nitrogens with zero attached hydrogens (tertiary/aromatic N) is 1. The monoisotopic (exact) mass is 411 g/mol. The number of sulfone groups is 1. The van der Waals surface area contributed by atoms with E-state index >= 15 is 0 Å². The van der Waals surface area contributed by atoms with Gasteiger partial charge in [0.15, 0.2) is 0 Å². The summed E-state index contributed by atoms with van der Waals surface area (Å²) in [4.78, 5) is 3.86. The normalized spacial score (nSPS) is 11.6. The third-order valence-corrected chi connectivity index (χ3v) is 6.33. The summed E-state index contributed by atoms with van der Waals surface area (Å²) >= 11 is 0. The van der Waals surface area contributed by atoms with Crippen LogP contribution in [0.1, 0.15) is 0 Å². The molecule has 0 spiro atoms. The number of fused-ring (bicyclic) bond motifs is 1. The first-order valence-corrected chi connectivity index (χ1v) is 10.1. The smallest absolute Gasteiger partial charge is 0.208 e. The van der Waals surface area contributed by atoms with Crippen LogP contribution in [0.2, 0.25) is 0 Å². The zero-order valence-corrected chi connectivity index (χ0v) is 16.1. The van der Waals surface area contributed by atoms with Gasteiger partial charge in [0.2, 0.25) is 9.84 Å². The summed E-state index contributed by atoms with van der Waals surface area (Å²) < 4.78 is 59.5. The van der Waals surface area contributed by atoms with E-state index in [0.717, 1.165) is 12.1 Å². The second-order valence-electron chi connectivity index (χ2n) is 6.35. The molecule has 0 N–H and O–H groups in total. The van der Waals surface area contributed by atoms with Crippen LogP contribution in [0.25, 0.3) is 22.0 Å². The van der Waals surface area contributed by atoms with Crippen LogP contribution in [0.3, 0.4) is 0 Å². The second kappa shape index (κ2) is 7.25. The maximum atomic E-state index is 14.0. The summed E-state index contributed by atoms with van der Waals surface area (Å²) in [5.74, 6) is -0.598. The van der Waals surface area contributed by atoms with E-state index in [0.29, 0.717) is 27.8 Å². The van der Waals surface area contributed by atoms with Crippen molar-refractivity contribution in [3.63, 3.8) is 0 Å². The van der Waals surface area contributed by atoms with E-state index < -0.39 is 21.5 Å². The topological polar surface area (TPSA) is 56.3 Å². The van der Waals surface area contributed by atoms with Crippen LogP contribution in [0.4, 0.5) is 8.78 Å². The van der Waals surface area contributed by atoms with Crippen LogP contribution >= 0.6 is 0 Å². The summed E-state index contributed by atoms with van der Waals surface area (Å²) in [5, 5.41) is 0.340. The van der Waals surface area contributed by atoms with Gasteiger partial charge in [0.25, 0.3) is 0 Å². The minimum atomic E-state index is -4.12. The van der Waals surface area contributed by atoms with Crippen molar-refractivity contribution >= 4 is 20.7 Å². The van der Waals surface area contributed by atoms with Crippen LogP contribution in [-0.2, 0) is 9.84 Å². The molecule has 1 aromatic heterocycles. The molecular formula is C22H15F2NO3S. The standard InChI is InChI=1S/C22H15F2NO3S/c1-28-17-8-5-14(6-9-17)22-19-12-16(24)7-10-20(19)25-13-21(22)29(26,27)18-4-2-3-15(23)11-18/h2-13H,1H3. The van der Waals surface area contributed by atoms with Gasteiger partial charge in [0, 0.05) is 17.1 Å². The minimum absolute atomic E-state index is 0.133. The van der Waals surface area contributed by atoms with E-state index in [2.05, 4.69) is 4.98 Å². The SMILES string of the molecule is COc1ccc(-c2c(S(=O)(=O)c3cccc(F)c3)cnc3ccc(F)cc23)cc1. The molecular weight excluding hydrogens is 396 g/mol. The third-order valence-electron chi connectivity index (χ3n) is 4.57. The molecule has 0 fully saturated rings. The van der Waals surface area contributed by atoms with Crippen molar-refractivity contribution in [1.82, 2.24) is 4.98 Å². The molecule has 0 aliphatic heterocycles. The lowest BCUT2D eigenvalue weighted by Crippen LogP contribution is -2.06. The van der Waals surface area contributed by atoms with Gasteiger partial charge in [0.1, 0.15) is 17.4 Å². The van der Waals surface area contributed by atoms with Crippen LogP contribution in [0.5, 0.6) is 5.75 Å². The lowest BCUT2D eigenvalue weighted by Gasteiger charge is -2.14. The number of pyridine rings is 1. The Kier molecular flexibility index (Phi) is 4.76. The van der Waals surface area contributed by atoms with Crippen LogP contribution < -0.4 is 4.74 Å². The zero-order valence-electron chi connectivity index (χ0n) is 15.3. The van der Waals surface area contributed by atoms with Gasteiger partial charge in [-0.3, -0.25) is 4.98 Å². The number of halogens is 2. The third kappa shape index (κ3) is 3.45. The van der Waals surface area contributed by atoms with Gasteiger partial charge in [-0.15, -0.1) is 0 Å². The van der Waals surface area contributed by atoms with Crippen molar-refractivity contribution in [2.45, 2.75) is 9.79 Å². The Labute approximate surface area is 166 Å². The molecule has 0 saturated carbocycles. The average molecular weight is 411 g/mol. The molecule has 146 valence electrons. The molecule has 7 heteroatoms. The predicted octanol–water partition coefficient (Wildman–Crippen LogP) is 5.02. The number of hydrogen-bond acceptors (Lipinski definition) is 4. The quantitative estimate of drug-likeness (QED) is 0.473. The van der Waals surface area contributed by atoms with E-state index in [9.17, 15) is 17.2 Å². The Morgan fingerprint density at radius 1 is 0.897 bits per heavy atom. The van der Waals surface area contributed by atoms with Crippen molar-refractivity contribution in [2.75, 3.05) is 7.11 Å². The Morgan fingerprint density at radius 2 is 1.62 bits per heavy atom. The van der Waals surface area contributed by atoms with Crippen molar-refractivity contribution in [3.05, 3.63) is 84.6 Å². The number of rotatable bonds is 4. The molecule has 29 heavy (non-hydrogen) atoms. The van der Waals surface area contributed by atoms with Crippen molar-refractivity contribution < 1.29 is 21.9 Å². The van der Waals surface area contributed by atoms with Gasteiger partial charge in [-0.25, -0.2) is 17.2 Å². The largest absolute Gasteiger partial charge is 0.497 e. The van der Waals surface area contributed by atoms with Gasteiger partial charge >= 0.3 is 0 Å². The number of ether oxygens (including phenoxy) is 1. The van der Waals surface area contributed by atoms with E-state index in [-0.39, 0.29) is 9.79 Å². The molecule has 4 rings (SSSR count). The highest BCUT2D eigenvalue weighted by Gasteiger charge is 2.25. The predicted molar refractivity (Wildman–Crippen MR) is 106 cm³/mol. The molecule has 3 aromatic carbocycles. The first-order valence-electron chi connectivity index (χ1n) is 8.63. The van der Waals surface area contributed by atoms with Crippen molar-refractivity contribution in [3.8, 4) is 16.9 Å². The summed E-state index contributed by atoms with van der Waals surface area (Å²) in [7, 11) is -2.60. The van der Waals surface area contributed by atoms with E-state index in [4.69, 9.17) is 4.74 Å². The first kappa shape index (κ1) is 19.0. The molecule has 0 unspecified atom stereocenters. The fraction of sp³-hybridized carbons (Fsp3) is 0.0455. The molecule has 4 aromatic rings. The summed E-state index contributed by atoms with van der Waals surface area (Å²) in [6.45, 7) is 0. The van der Waals surface area contributed by atoms with Crippen LogP contribution in [-0.4, -0.2) is 20.5 Å². The number of hydrogen-bond donors (Lipinski definition) is 0. The van der Waals surface area contributed by atoms with Gasteiger partial charge in [-0.1, -0.05) is 18.2 Å². The Hall–Kier alpha value is -3.32. The summed E-state index contributed by atoms with van der Waals surface area (Å²) in [6, 6.07) is 15.5. The van der Waals surface area contributed by atoms with Gasteiger partial charge in [0.05, 0.1) is 22.4 Å². The second-order valence-corrected chi connectivity index (χ2v) is 8.27. The van der Waals surface area contributed by atoms with Crippen molar-refractivity contribution in [1.29, 1.82) is 0 Å². The maximum Gasteiger partial charge on any atom is 0.208 e. The average Bonchev–Trinajstić information content (AvgIpc) is 2.73. The number of aromatic nitrogens is 1. The summed E-state index contributed by atoms with van der Waals surface area (Å²) in [6.07, 6.45) is 1.22. The minimum Gasteiger partial charge on any atom is -0.497 e. The molecule has 0 radical (unpaired) electrons. The summed E-state index contributed by atoms with van der Waals surface area (Å²) in [5.41, 5.74) is 1.27.